The smallest absolute Gasteiger partial charge is 0.308 e. The number of ether oxygens (including phenoxy) is 1. The highest BCUT2D eigenvalue weighted by Crippen LogP contribution is 2.34. The van der Waals surface area contributed by atoms with Gasteiger partial charge in [-0.15, -0.1) is 0 Å². The summed E-state index contributed by atoms with van der Waals surface area (Å²) in [7, 11) is 0. The number of nitrogens with one attached hydrogen (secondary N) is 1. The molecule has 0 unspecified atom stereocenters. The number of fused-ring (bicyclic) bond motifs is 1. The highest BCUT2D eigenvalue weighted by molar-refractivity contribution is 6.05. The van der Waals surface area contributed by atoms with Crippen molar-refractivity contribution in [2.75, 3.05) is 18.5 Å². The van der Waals surface area contributed by atoms with Gasteiger partial charge in [-0.05, 0) is 44.0 Å². The molecule has 1 aliphatic heterocycles. The molecule has 1 aliphatic carbocycles. The van der Waals surface area contributed by atoms with Crippen molar-refractivity contribution >= 4 is 35.2 Å². The third-order valence-electron chi connectivity index (χ3n) is 5.08. The van der Waals surface area contributed by atoms with Crippen LogP contribution in [0, 0.1) is 11.8 Å². The monoisotopic (exact) mass is 398 g/mol. The van der Waals surface area contributed by atoms with Crippen LogP contribution >= 0.6 is 0 Å². The normalized spacial score (nSPS) is 20.4. The Labute approximate surface area is 167 Å². The van der Waals surface area contributed by atoms with Gasteiger partial charge in [0.05, 0.1) is 18.3 Å². The summed E-state index contributed by atoms with van der Waals surface area (Å²) in [6, 6.07) is 6.33. The third kappa shape index (κ3) is 4.77. The van der Waals surface area contributed by atoms with Gasteiger partial charge in [-0.2, -0.15) is 0 Å². The van der Waals surface area contributed by atoms with E-state index in [2.05, 4.69) is 5.32 Å². The van der Waals surface area contributed by atoms with Crippen LogP contribution in [0.4, 0.5) is 5.69 Å². The molecule has 0 aromatic heterocycles. The molecular formula is C21H22N2O6. The van der Waals surface area contributed by atoms with E-state index in [9.17, 15) is 24.0 Å². The van der Waals surface area contributed by atoms with E-state index in [-0.39, 0.29) is 42.4 Å². The van der Waals surface area contributed by atoms with E-state index >= 15 is 0 Å². The quantitative estimate of drug-likeness (QED) is 0.324. The first kappa shape index (κ1) is 20.4. The average Bonchev–Trinajstić information content (AvgIpc) is 2.95. The summed E-state index contributed by atoms with van der Waals surface area (Å²) in [6.07, 6.45) is 4.73. The lowest BCUT2D eigenvalue weighted by atomic mass is 9.85. The molecular weight excluding hydrogens is 376 g/mol. The molecule has 1 N–H and O–H groups in total. The second-order valence-electron chi connectivity index (χ2n) is 7.08. The Hall–Kier alpha value is -3.29. The number of nitrogens with zero attached hydrogens (tertiary/aromatic N) is 1. The Kier molecular flexibility index (Phi) is 6.21. The van der Waals surface area contributed by atoms with E-state index in [1.165, 1.54) is 6.92 Å². The number of imide groups is 1. The molecule has 2 aliphatic rings. The fourth-order valence-electron chi connectivity index (χ4n) is 3.50. The highest BCUT2D eigenvalue weighted by atomic mass is 16.5. The number of ketones is 1. The van der Waals surface area contributed by atoms with Crippen LogP contribution in [0.3, 0.4) is 0 Å². The molecule has 3 rings (SSSR count). The first-order valence-electron chi connectivity index (χ1n) is 9.43. The fourth-order valence-corrected chi connectivity index (χ4v) is 3.50. The van der Waals surface area contributed by atoms with Gasteiger partial charge in [0.1, 0.15) is 0 Å². The highest BCUT2D eigenvalue weighted by Gasteiger charge is 2.46. The first-order valence-corrected chi connectivity index (χ1v) is 9.43. The van der Waals surface area contributed by atoms with Crippen molar-refractivity contribution in [2.24, 2.45) is 11.8 Å². The molecule has 1 fully saturated rings. The zero-order valence-corrected chi connectivity index (χ0v) is 16.1. The van der Waals surface area contributed by atoms with Crippen LogP contribution in [0.15, 0.2) is 36.4 Å². The van der Waals surface area contributed by atoms with Crippen LogP contribution in [0.25, 0.3) is 0 Å². The molecule has 29 heavy (non-hydrogen) atoms. The van der Waals surface area contributed by atoms with Crippen molar-refractivity contribution in [1.29, 1.82) is 0 Å². The predicted octanol–water partition coefficient (Wildman–Crippen LogP) is 1.71. The van der Waals surface area contributed by atoms with E-state index in [4.69, 9.17) is 4.74 Å². The van der Waals surface area contributed by atoms with Crippen LogP contribution in [-0.2, 0) is 23.9 Å². The summed E-state index contributed by atoms with van der Waals surface area (Å²) in [5.41, 5.74) is 0.997. The number of esters is 1. The number of carbonyl (C=O) groups excluding carboxylic acids is 5. The van der Waals surface area contributed by atoms with Crippen molar-refractivity contribution in [1.82, 2.24) is 4.90 Å². The summed E-state index contributed by atoms with van der Waals surface area (Å²) >= 11 is 0. The molecule has 8 nitrogen and oxygen atoms in total. The maximum atomic E-state index is 12.3. The van der Waals surface area contributed by atoms with Crippen molar-refractivity contribution in [3.63, 3.8) is 0 Å². The van der Waals surface area contributed by atoms with E-state index in [0.717, 1.165) is 4.90 Å². The Bertz CT molecular complexity index is 848. The molecule has 0 radical (unpaired) electrons. The SMILES string of the molecule is CC(=O)c1ccc(NC(=O)COC(=O)CCN2C(=O)[C@H]3CC=CC[C@@H]3C2=O)cc1. The second-order valence-corrected chi connectivity index (χ2v) is 7.08. The minimum atomic E-state index is -0.666. The molecule has 8 heteroatoms. The minimum absolute atomic E-state index is 0.0440. The van der Waals surface area contributed by atoms with E-state index in [1.807, 2.05) is 12.2 Å². The van der Waals surface area contributed by atoms with Crippen LogP contribution in [0.1, 0.15) is 36.5 Å². The van der Waals surface area contributed by atoms with E-state index in [1.54, 1.807) is 24.3 Å². The van der Waals surface area contributed by atoms with Gasteiger partial charge in [0.25, 0.3) is 5.91 Å². The predicted molar refractivity (Wildman–Crippen MR) is 103 cm³/mol. The Morgan fingerprint density at radius 1 is 1.03 bits per heavy atom. The molecule has 1 aromatic carbocycles. The zero-order chi connectivity index (χ0) is 21.0. The van der Waals surface area contributed by atoms with Crippen molar-refractivity contribution in [3.8, 4) is 0 Å². The standard InChI is InChI=1S/C21H22N2O6/c1-13(24)14-6-8-15(9-7-14)22-18(25)12-29-19(26)10-11-23-20(27)16-4-2-3-5-17(16)21(23)28/h2-3,6-9,16-17H,4-5,10-12H2,1H3,(H,22,25)/t16-,17-/m0/s1. The van der Waals surface area contributed by atoms with E-state index < -0.39 is 18.5 Å². The molecule has 152 valence electrons. The van der Waals surface area contributed by atoms with Gasteiger partial charge in [-0.3, -0.25) is 28.9 Å². The van der Waals surface area contributed by atoms with E-state index in [0.29, 0.717) is 24.1 Å². The van der Waals surface area contributed by atoms with Crippen molar-refractivity contribution < 1.29 is 28.7 Å². The van der Waals surface area contributed by atoms with Crippen LogP contribution in [0.2, 0.25) is 0 Å². The minimum Gasteiger partial charge on any atom is -0.456 e. The second kappa shape index (κ2) is 8.81. The summed E-state index contributed by atoms with van der Waals surface area (Å²) in [6.45, 7) is 0.920. The number of amides is 3. The Balaban J connectivity index is 1.42. The van der Waals surface area contributed by atoms with Gasteiger partial charge in [0.15, 0.2) is 12.4 Å². The number of benzene rings is 1. The molecule has 0 bridgehead atoms. The zero-order valence-electron chi connectivity index (χ0n) is 16.1. The number of carbonyl (C=O) groups is 5. The lowest BCUT2D eigenvalue weighted by molar-refractivity contribution is -0.148. The number of hydrogen-bond acceptors (Lipinski definition) is 6. The number of anilines is 1. The number of likely N-dealkylation sites (tertiary alicyclic amines) is 1. The third-order valence-corrected chi connectivity index (χ3v) is 5.08. The van der Waals surface area contributed by atoms with Gasteiger partial charge in [-0.1, -0.05) is 12.2 Å². The van der Waals surface area contributed by atoms with Crippen LogP contribution in [-0.4, -0.2) is 47.5 Å². The molecule has 1 saturated heterocycles. The van der Waals surface area contributed by atoms with Gasteiger partial charge in [0.2, 0.25) is 11.8 Å². The van der Waals surface area contributed by atoms with Gasteiger partial charge < -0.3 is 10.1 Å². The molecule has 3 amide bonds. The number of Topliss-reactive ketones (excluding diaryl/α,β-unsaturated/α-hetero) is 1. The van der Waals surface area contributed by atoms with Crippen molar-refractivity contribution in [3.05, 3.63) is 42.0 Å². The number of allylic oxidation sites excluding steroid dienone is 2. The first-order chi connectivity index (χ1) is 13.9. The molecule has 2 atom stereocenters. The average molecular weight is 398 g/mol. The summed E-state index contributed by atoms with van der Waals surface area (Å²) in [4.78, 5) is 60.8. The molecule has 0 spiro atoms. The lowest BCUT2D eigenvalue weighted by Gasteiger charge is -2.14. The summed E-state index contributed by atoms with van der Waals surface area (Å²) < 4.78 is 4.92. The summed E-state index contributed by atoms with van der Waals surface area (Å²) in [5.74, 6) is -2.43. The van der Waals surface area contributed by atoms with Gasteiger partial charge in [0, 0.05) is 17.8 Å². The molecule has 0 saturated carbocycles. The largest absolute Gasteiger partial charge is 0.456 e. The Morgan fingerprint density at radius 3 is 2.17 bits per heavy atom. The molecule has 1 aromatic rings. The van der Waals surface area contributed by atoms with Crippen LogP contribution in [0.5, 0.6) is 0 Å². The Morgan fingerprint density at radius 2 is 1.62 bits per heavy atom. The van der Waals surface area contributed by atoms with Crippen molar-refractivity contribution in [2.45, 2.75) is 26.2 Å². The fraction of sp³-hybridized carbons (Fsp3) is 0.381. The van der Waals surface area contributed by atoms with Gasteiger partial charge in [-0.25, -0.2) is 0 Å². The number of rotatable bonds is 7. The van der Waals surface area contributed by atoms with Crippen LogP contribution < -0.4 is 5.32 Å². The lowest BCUT2D eigenvalue weighted by Crippen LogP contribution is -2.33. The van der Waals surface area contributed by atoms with Gasteiger partial charge >= 0.3 is 5.97 Å². The maximum Gasteiger partial charge on any atom is 0.308 e. The topological polar surface area (TPSA) is 110 Å². The number of hydrogen-bond donors (Lipinski definition) is 1. The summed E-state index contributed by atoms with van der Waals surface area (Å²) in [5, 5.41) is 2.56. The maximum absolute atomic E-state index is 12.3. The molecule has 1 heterocycles.